The van der Waals surface area contributed by atoms with Crippen LogP contribution in [0.25, 0.3) is 25.1 Å². The first-order valence-electron chi connectivity index (χ1n) is 7.68. The van der Waals surface area contributed by atoms with Crippen molar-refractivity contribution in [3.05, 3.63) is 88.1 Å². The van der Waals surface area contributed by atoms with E-state index in [0.29, 0.717) is 10.9 Å². The van der Waals surface area contributed by atoms with Crippen molar-refractivity contribution in [2.24, 2.45) is 0 Å². The quantitative estimate of drug-likeness (QED) is 0.353. The molecule has 0 spiro atoms. The number of benzene rings is 3. The van der Waals surface area contributed by atoms with Crippen LogP contribution < -0.4 is 5.43 Å². The van der Waals surface area contributed by atoms with Crippen LogP contribution in [-0.4, -0.2) is 0 Å². The van der Waals surface area contributed by atoms with Crippen molar-refractivity contribution >= 4 is 30.6 Å². The van der Waals surface area contributed by atoms with Crippen molar-refractivity contribution in [2.45, 2.75) is 6.92 Å². The lowest BCUT2D eigenvalue weighted by Gasteiger charge is -2.03. The van der Waals surface area contributed by atoms with Crippen LogP contribution in [0.15, 0.2) is 71.5 Å². The normalized spacial score (nSPS) is 11.6. The second-order valence-electron chi connectivity index (χ2n) is 5.77. The van der Waals surface area contributed by atoms with Crippen LogP contribution in [0.5, 0.6) is 0 Å². The Bertz CT molecular complexity index is 1180. The fourth-order valence-electron chi connectivity index (χ4n) is 2.98. The Morgan fingerprint density at radius 3 is 2.33 bits per heavy atom. The van der Waals surface area contributed by atoms with Gasteiger partial charge in [-0.05, 0) is 43.3 Å². The van der Waals surface area contributed by atoms with Gasteiger partial charge >= 0.3 is 0 Å². The first kappa shape index (κ1) is 14.6. The lowest BCUT2D eigenvalue weighted by Crippen LogP contribution is -2.02. The molecule has 1 aromatic heterocycles. The van der Waals surface area contributed by atoms with E-state index in [0.717, 1.165) is 14.8 Å². The smallest absolute Gasteiger partial charge is 0.204 e. The predicted molar refractivity (Wildman–Crippen MR) is 101 cm³/mol. The molecule has 0 saturated heterocycles. The average molecular weight is 328 g/mol. The zero-order chi connectivity index (χ0) is 16.7. The molecule has 3 heteroatoms. The standard InChI is InChI=1S/C21H14NOS/c1-14-6-9-16(10-7-14)24-19-5-3-2-4-17(19)21(23)18-12-15(13-22)8-11-20(18)24/h2-12H,1H3/q+1. The highest BCUT2D eigenvalue weighted by Crippen LogP contribution is 2.43. The van der Waals surface area contributed by atoms with Crippen LogP contribution in [0.4, 0.5) is 0 Å². The number of hydrogen-bond donors (Lipinski definition) is 0. The Labute approximate surface area is 142 Å². The summed E-state index contributed by atoms with van der Waals surface area (Å²) < 4.78 is 2.06. The predicted octanol–water partition coefficient (Wildman–Crippen LogP) is 5.27. The lowest BCUT2D eigenvalue weighted by atomic mass is 10.1. The molecule has 1 atom stereocenters. The molecule has 0 N–H and O–H groups in total. The fourth-order valence-corrected chi connectivity index (χ4v) is 5.30. The topological polar surface area (TPSA) is 40.9 Å². The number of nitrogens with zero attached hydrogens (tertiary/aromatic N) is 1. The van der Waals surface area contributed by atoms with Crippen LogP contribution in [0.2, 0.25) is 0 Å². The van der Waals surface area contributed by atoms with Crippen molar-refractivity contribution < 1.29 is 0 Å². The highest BCUT2D eigenvalue weighted by Gasteiger charge is 2.22. The van der Waals surface area contributed by atoms with Gasteiger partial charge in [0.25, 0.3) is 0 Å². The van der Waals surface area contributed by atoms with E-state index in [1.807, 2.05) is 30.3 Å². The molecule has 0 aliphatic heterocycles. The molecular formula is C21H14NOS+. The maximum atomic E-state index is 12.9. The van der Waals surface area contributed by atoms with Crippen LogP contribution in [0, 0.1) is 18.3 Å². The van der Waals surface area contributed by atoms with E-state index < -0.39 is 0 Å². The Kier molecular flexibility index (Phi) is 3.41. The summed E-state index contributed by atoms with van der Waals surface area (Å²) in [6.07, 6.45) is 0. The van der Waals surface area contributed by atoms with Gasteiger partial charge < -0.3 is 0 Å². The summed E-state index contributed by atoms with van der Waals surface area (Å²) in [7, 11) is -0.327. The molecule has 0 amide bonds. The molecular weight excluding hydrogens is 314 g/mol. The van der Waals surface area contributed by atoms with E-state index in [2.05, 4.69) is 37.3 Å². The van der Waals surface area contributed by atoms with E-state index in [1.54, 1.807) is 12.1 Å². The monoisotopic (exact) mass is 328 g/mol. The molecule has 1 heterocycles. The number of fused-ring (bicyclic) bond motifs is 2. The summed E-state index contributed by atoms with van der Waals surface area (Å²) in [6, 6.07) is 23.9. The van der Waals surface area contributed by atoms with E-state index in [-0.39, 0.29) is 15.9 Å². The minimum atomic E-state index is -0.327. The van der Waals surface area contributed by atoms with Gasteiger partial charge in [-0.2, -0.15) is 5.26 Å². The van der Waals surface area contributed by atoms with E-state index in [4.69, 9.17) is 0 Å². The summed E-state index contributed by atoms with van der Waals surface area (Å²) in [4.78, 5) is 14.1. The van der Waals surface area contributed by atoms with Gasteiger partial charge in [0.2, 0.25) is 5.43 Å². The summed E-state index contributed by atoms with van der Waals surface area (Å²) >= 11 is 0. The van der Waals surface area contributed by atoms with Crippen LogP contribution in [0.3, 0.4) is 0 Å². The minimum Gasteiger partial charge on any atom is -0.288 e. The molecule has 0 fully saturated rings. The molecule has 2 nitrogen and oxygen atoms in total. The van der Waals surface area contributed by atoms with Gasteiger partial charge in [0.15, 0.2) is 14.3 Å². The van der Waals surface area contributed by atoms with Crippen LogP contribution >= 0.6 is 10.5 Å². The number of aryl methyl sites for hydroxylation is 1. The second kappa shape index (κ2) is 5.59. The summed E-state index contributed by atoms with van der Waals surface area (Å²) in [5.41, 5.74) is 1.74. The third kappa shape index (κ3) is 2.20. The lowest BCUT2D eigenvalue weighted by molar-refractivity contribution is 1.49. The molecule has 0 aliphatic rings. The Morgan fingerprint density at radius 2 is 1.58 bits per heavy atom. The Hall–Kier alpha value is -2.96. The zero-order valence-electron chi connectivity index (χ0n) is 13.1. The summed E-state index contributed by atoms with van der Waals surface area (Å²) in [5.74, 6) is 0. The molecule has 0 bridgehead atoms. The highest BCUT2D eigenvalue weighted by atomic mass is 32.2. The van der Waals surface area contributed by atoms with Gasteiger partial charge in [0.1, 0.15) is 0 Å². The third-order valence-corrected chi connectivity index (χ3v) is 6.52. The molecule has 4 rings (SSSR count). The second-order valence-corrected chi connectivity index (χ2v) is 7.73. The highest BCUT2D eigenvalue weighted by molar-refractivity contribution is 7.49. The SMILES string of the molecule is Cc1ccc(-[s+]2c3ccccc3c(=O)c3cc(C#N)ccc32)cc1. The average Bonchev–Trinajstić information content (AvgIpc) is 2.63. The fraction of sp³-hybridized carbons (Fsp3) is 0.0476. The molecule has 1 unspecified atom stereocenters. The van der Waals surface area contributed by atoms with Crippen molar-refractivity contribution in [1.29, 1.82) is 5.26 Å². The van der Waals surface area contributed by atoms with Gasteiger partial charge in [-0.1, -0.05) is 29.8 Å². The molecule has 3 aromatic carbocycles. The van der Waals surface area contributed by atoms with Gasteiger partial charge in [-0.3, -0.25) is 4.79 Å². The maximum Gasteiger partial charge on any atom is 0.204 e. The third-order valence-electron chi connectivity index (χ3n) is 4.18. The molecule has 4 aromatic rings. The first-order valence-corrected chi connectivity index (χ1v) is 8.90. The minimum absolute atomic E-state index is 0.00793. The molecule has 0 radical (unpaired) electrons. The molecule has 0 saturated carbocycles. The van der Waals surface area contributed by atoms with E-state index in [9.17, 15) is 10.1 Å². The number of hydrogen-bond acceptors (Lipinski definition) is 2. The van der Waals surface area contributed by atoms with Crippen LogP contribution in [0.1, 0.15) is 11.1 Å². The van der Waals surface area contributed by atoms with Gasteiger partial charge in [0.05, 0.1) is 22.4 Å². The van der Waals surface area contributed by atoms with Crippen LogP contribution in [-0.2, 0) is 0 Å². The summed E-state index contributed by atoms with van der Waals surface area (Å²) in [6.45, 7) is 2.07. The number of rotatable bonds is 1. The van der Waals surface area contributed by atoms with E-state index >= 15 is 0 Å². The molecule has 0 aliphatic carbocycles. The Morgan fingerprint density at radius 1 is 0.875 bits per heavy atom. The largest absolute Gasteiger partial charge is 0.288 e. The van der Waals surface area contributed by atoms with Crippen molar-refractivity contribution in [2.75, 3.05) is 0 Å². The maximum absolute atomic E-state index is 12.9. The van der Waals surface area contributed by atoms with Gasteiger partial charge in [-0.25, -0.2) is 0 Å². The van der Waals surface area contributed by atoms with Gasteiger partial charge in [-0.15, -0.1) is 0 Å². The van der Waals surface area contributed by atoms with Crippen molar-refractivity contribution in [3.63, 3.8) is 0 Å². The summed E-state index contributed by atoms with van der Waals surface area (Å²) in [5, 5.41) is 10.6. The van der Waals surface area contributed by atoms with Crippen molar-refractivity contribution in [3.8, 4) is 11.0 Å². The Balaban J connectivity index is 2.24. The zero-order valence-corrected chi connectivity index (χ0v) is 13.9. The molecule has 114 valence electrons. The number of nitriles is 1. The molecule has 24 heavy (non-hydrogen) atoms. The van der Waals surface area contributed by atoms with Gasteiger partial charge in [0, 0.05) is 16.5 Å². The first-order chi connectivity index (χ1) is 11.7. The van der Waals surface area contributed by atoms with Crippen molar-refractivity contribution in [1.82, 2.24) is 0 Å². The van der Waals surface area contributed by atoms with E-state index in [1.165, 1.54) is 10.5 Å².